The molecule has 0 aromatic heterocycles. The van der Waals surface area contributed by atoms with E-state index in [4.69, 9.17) is 28.4 Å². The minimum absolute atomic E-state index is 0.0912. The Balaban J connectivity index is 2.26. The van der Waals surface area contributed by atoms with E-state index >= 15 is 0 Å². The molecule has 12 nitrogen and oxygen atoms in total. The smallest absolute Gasteiger partial charge is 0.338 e. The highest BCUT2D eigenvalue weighted by Gasteiger charge is 2.26. The van der Waals surface area contributed by atoms with Gasteiger partial charge < -0.3 is 28.4 Å². The first-order chi connectivity index (χ1) is 27.2. The lowest BCUT2D eigenvalue weighted by atomic mass is 9.79. The molecule has 0 N–H and O–H groups in total. The maximum absolute atomic E-state index is 13.2. The summed E-state index contributed by atoms with van der Waals surface area (Å²) in [6, 6.07) is 13.9. The van der Waals surface area contributed by atoms with Gasteiger partial charge >= 0.3 is 35.8 Å². The minimum atomic E-state index is -0.657. The molecule has 0 atom stereocenters. The van der Waals surface area contributed by atoms with E-state index in [0.29, 0.717) is 50.1 Å². The van der Waals surface area contributed by atoms with Crippen molar-refractivity contribution >= 4 is 35.8 Å². The Morgan fingerprint density at radius 2 is 0.474 bits per heavy atom. The van der Waals surface area contributed by atoms with Crippen molar-refractivity contribution in [2.45, 2.75) is 62.3 Å². The topological polar surface area (TPSA) is 158 Å². The lowest BCUT2D eigenvalue weighted by Crippen LogP contribution is -2.12. The number of rotatable bonds is 15. The summed E-state index contributed by atoms with van der Waals surface area (Å²) in [5.41, 5.74) is 5.58. The molecule has 4 aromatic carbocycles. The highest BCUT2D eigenvalue weighted by atomic mass is 16.5. The number of esters is 6. The van der Waals surface area contributed by atoms with Crippen LogP contribution in [0, 0.1) is 20.8 Å². The Bertz CT molecular complexity index is 1840. The molecule has 0 aliphatic carbocycles. The fourth-order valence-corrected chi connectivity index (χ4v) is 6.83. The summed E-state index contributed by atoms with van der Waals surface area (Å²) in [5, 5.41) is 0. The first kappa shape index (κ1) is 43.4. The fourth-order valence-electron chi connectivity index (χ4n) is 6.83. The van der Waals surface area contributed by atoms with Crippen molar-refractivity contribution in [3.8, 4) is 33.4 Å². The van der Waals surface area contributed by atoms with E-state index in [-0.39, 0.29) is 73.0 Å². The fraction of sp³-hybridized carbons (Fsp3) is 0.333. The molecule has 0 saturated carbocycles. The predicted molar refractivity (Wildman–Crippen MR) is 213 cm³/mol. The van der Waals surface area contributed by atoms with E-state index in [1.165, 1.54) is 18.2 Å². The van der Waals surface area contributed by atoms with Crippen LogP contribution in [0.2, 0.25) is 0 Å². The number of hydrogen-bond donors (Lipinski definition) is 0. The van der Waals surface area contributed by atoms with Gasteiger partial charge in [-0.2, -0.15) is 0 Å². The van der Waals surface area contributed by atoms with Crippen molar-refractivity contribution in [2.75, 3.05) is 39.6 Å². The lowest BCUT2D eigenvalue weighted by Gasteiger charge is -2.25. The molecule has 0 aliphatic rings. The van der Waals surface area contributed by atoms with Crippen LogP contribution in [0.4, 0.5) is 0 Å². The Hall–Kier alpha value is -6.30. The van der Waals surface area contributed by atoms with Gasteiger partial charge in [0.2, 0.25) is 0 Å². The molecule has 0 fully saturated rings. The van der Waals surface area contributed by atoms with Crippen molar-refractivity contribution < 1.29 is 57.2 Å². The van der Waals surface area contributed by atoms with Crippen molar-refractivity contribution in [3.05, 3.63) is 105 Å². The lowest BCUT2D eigenvalue weighted by molar-refractivity contribution is 0.0506. The third-order valence-electron chi connectivity index (χ3n) is 8.98. The molecule has 0 saturated heterocycles. The van der Waals surface area contributed by atoms with Gasteiger partial charge in [-0.15, -0.1) is 0 Å². The summed E-state index contributed by atoms with van der Waals surface area (Å²) < 4.78 is 32.0. The first-order valence-electron chi connectivity index (χ1n) is 18.9. The molecular formula is C45H48O12. The molecule has 0 radical (unpaired) electrons. The molecule has 0 unspecified atom stereocenters. The number of benzene rings is 4. The molecule has 57 heavy (non-hydrogen) atoms. The Kier molecular flexibility index (Phi) is 14.9. The van der Waals surface area contributed by atoms with Crippen LogP contribution in [0.3, 0.4) is 0 Å². The second kappa shape index (κ2) is 19.5. The Labute approximate surface area is 332 Å². The molecule has 12 heteroatoms. The molecule has 4 rings (SSSR count). The van der Waals surface area contributed by atoms with Crippen LogP contribution in [0.25, 0.3) is 33.4 Å². The average Bonchev–Trinajstić information content (AvgIpc) is 3.18. The number of carbonyl (C=O) groups is 6. The molecule has 4 aromatic rings. The van der Waals surface area contributed by atoms with Crippen molar-refractivity contribution in [2.24, 2.45) is 0 Å². The van der Waals surface area contributed by atoms with Crippen LogP contribution in [0.5, 0.6) is 0 Å². The summed E-state index contributed by atoms with van der Waals surface area (Å²) in [4.78, 5) is 79.4. The minimum Gasteiger partial charge on any atom is -0.462 e. The summed E-state index contributed by atoms with van der Waals surface area (Å²) in [6.45, 7) is 16.1. The molecule has 0 bridgehead atoms. The zero-order valence-electron chi connectivity index (χ0n) is 33.8. The second-order valence-corrected chi connectivity index (χ2v) is 12.7. The van der Waals surface area contributed by atoms with E-state index in [9.17, 15) is 28.8 Å². The SMILES string of the molecule is CCOC(=O)c1cc(C(=O)OCC)cc(-c2c(C)c(-c3cc(C(=O)OCC)cc(C(=O)OCC)c3)c(C)c(-c3cc(C(=O)OCC)cc(C(=O)OCC)c3)c2C)c1. The van der Waals surface area contributed by atoms with Gasteiger partial charge in [-0.05, 0) is 167 Å². The number of ether oxygens (including phenoxy) is 6. The van der Waals surface area contributed by atoms with Gasteiger partial charge in [0.15, 0.2) is 0 Å². The van der Waals surface area contributed by atoms with Gasteiger partial charge in [-0.25, -0.2) is 28.8 Å². The Morgan fingerprint density at radius 1 is 0.316 bits per heavy atom. The van der Waals surface area contributed by atoms with Crippen molar-refractivity contribution in [1.82, 2.24) is 0 Å². The van der Waals surface area contributed by atoms with Crippen LogP contribution in [0.1, 0.15) is 120 Å². The summed E-state index contributed by atoms with van der Waals surface area (Å²) in [5.74, 6) is -3.94. The second-order valence-electron chi connectivity index (χ2n) is 12.7. The third-order valence-corrected chi connectivity index (χ3v) is 8.98. The highest BCUT2D eigenvalue weighted by Crippen LogP contribution is 2.45. The zero-order chi connectivity index (χ0) is 42.0. The predicted octanol–water partition coefficient (Wildman–Crippen LogP) is 8.67. The van der Waals surface area contributed by atoms with E-state index < -0.39 is 35.8 Å². The van der Waals surface area contributed by atoms with E-state index in [1.807, 2.05) is 20.8 Å². The largest absolute Gasteiger partial charge is 0.462 e. The highest BCUT2D eigenvalue weighted by molar-refractivity contribution is 6.03. The van der Waals surface area contributed by atoms with Gasteiger partial charge in [-0.1, -0.05) is 0 Å². The van der Waals surface area contributed by atoms with Crippen molar-refractivity contribution in [1.29, 1.82) is 0 Å². The molecular weight excluding hydrogens is 732 g/mol. The summed E-state index contributed by atoms with van der Waals surface area (Å²) in [6.07, 6.45) is 0. The van der Waals surface area contributed by atoms with Crippen LogP contribution in [0.15, 0.2) is 54.6 Å². The molecule has 0 aliphatic heterocycles. The van der Waals surface area contributed by atoms with Crippen LogP contribution in [-0.4, -0.2) is 75.5 Å². The third kappa shape index (κ3) is 9.75. The van der Waals surface area contributed by atoms with E-state index in [0.717, 1.165) is 0 Å². The monoisotopic (exact) mass is 780 g/mol. The Morgan fingerprint density at radius 3 is 0.614 bits per heavy atom. The van der Waals surface area contributed by atoms with Gasteiger partial charge in [0.05, 0.1) is 73.0 Å². The molecule has 0 amide bonds. The van der Waals surface area contributed by atoms with Crippen LogP contribution >= 0.6 is 0 Å². The van der Waals surface area contributed by atoms with E-state index in [2.05, 4.69) is 0 Å². The normalized spacial score (nSPS) is 10.7. The number of hydrogen-bond acceptors (Lipinski definition) is 12. The van der Waals surface area contributed by atoms with Crippen molar-refractivity contribution in [3.63, 3.8) is 0 Å². The molecule has 0 heterocycles. The van der Waals surface area contributed by atoms with Gasteiger partial charge in [0.1, 0.15) is 0 Å². The zero-order valence-corrected chi connectivity index (χ0v) is 33.8. The average molecular weight is 781 g/mol. The van der Waals surface area contributed by atoms with Gasteiger partial charge in [0, 0.05) is 0 Å². The standard InChI is InChI=1S/C45H48O12/c1-10-52-40(46)31-16-28(17-32(22-31)41(47)53-11-2)37-25(7)38(29-18-33(42(48)54-12-3)23-34(19-29)43(49)55-13-4)27(9)39(26(37)8)30-20-35(44(50)56-14-5)24-36(21-30)45(51)57-15-6/h16-24H,10-15H2,1-9H3. The quantitative estimate of drug-likeness (QED) is 0.0836. The first-order valence-corrected chi connectivity index (χ1v) is 18.9. The summed E-state index contributed by atoms with van der Waals surface area (Å²) in [7, 11) is 0. The summed E-state index contributed by atoms with van der Waals surface area (Å²) >= 11 is 0. The van der Waals surface area contributed by atoms with E-state index in [1.54, 1.807) is 77.9 Å². The molecule has 300 valence electrons. The van der Waals surface area contributed by atoms with Gasteiger partial charge in [-0.3, -0.25) is 0 Å². The molecule has 0 spiro atoms. The van der Waals surface area contributed by atoms with Gasteiger partial charge in [0.25, 0.3) is 0 Å². The maximum Gasteiger partial charge on any atom is 0.338 e. The maximum atomic E-state index is 13.2. The van der Waals surface area contributed by atoms with Crippen LogP contribution in [-0.2, 0) is 28.4 Å². The number of carbonyl (C=O) groups excluding carboxylic acids is 6. The van der Waals surface area contributed by atoms with Crippen LogP contribution < -0.4 is 0 Å².